The van der Waals surface area contributed by atoms with Gasteiger partial charge in [0.1, 0.15) is 0 Å². The van der Waals surface area contributed by atoms with Crippen LogP contribution in [-0.4, -0.2) is 24.7 Å². The van der Waals surface area contributed by atoms with E-state index in [0.29, 0.717) is 0 Å². The van der Waals surface area contributed by atoms with Crippen LogP contribution in [0.2, 0.25) is 6.32 Å². The molecule has 0 fully saturated rings. The molecule has 0 N–H and O–H groups in total. The molecule has 0 atom stereocenters. The lowest BCUT2D eigenvalue weighted by Gasteiger charge is -1.48. The Morgan fingerprint density at radius 3 is 0.900 bits per heavy atom. The molecule has 0 saturated carbocycles. The third-order valence-corrected chi connectivity index (χ3v) is 0. The van der Waals surface area contributed by atoms with Crippen LogP contribution in [0.15, 0.2) is 0 Å². The van der Waals surface area contributed by atoms with Crippen LogP contribution in [0.4, 0.5) is 0 Å². The molecule has 0 aromatic rings. The monoisotopic (exact) mass is 138 g/mol. The van der Waals surface area contributed by atoms with Crippen molar-refractivity contribution in [2.75, 3.05) is 0 Å². The lowest BCUT2D eigenvalue weighted by atomic mass is 10.1. The minimum atomic E-state index is 0. The molecule has 0 rings (SSSR count). The van der Waals surface area contributed by atoms with E-state index in [0.717, 1.165) is 6.32 Å². The van der Waals surface area contributed by atoms with Crippen LogP contribution in [0.25, 0.3) is 0 Å². The molecule has 8 radical (unpaired) electrons. The van der Waals surface area contributed by atoms with Crippen LogP contribution >= 0.6 is 0 Å². The van der Waals surface area contributed by atoms with Crippen LogP contribution < -0.4 is 0 Å². The number of hydrogen-bond acceptors (Lipinski definition) is 0. The van der Waals surface area contributed by atoms with E-state index in [9.17, 15) is 0 Å². The smallest absolute Gasteiger partial charge is 0.0649 e. The van der Waals surface area contributed by atoms with Gasteiger partial charge in [-0.15, -0.1) is 0 Å². The number of hydrogen-bond donors (Lipinski definition) is 0. The van der Waals surface area contributed by atoms with Gasteiger partial charge >= 0.3 is 0 Å². The fraction of sp³-hybridized carbons (Fsp3) is 1.00. The first-order valence-corrected chi connectivity index (χ1v) is 2.53. The van der Waals surface area contributed by atoms with Gasteiger partial charge in [-0.05, 0) is 0 Å². The first-order valence-electron chi connectivity index (χ1n) is 2.53. The van der Waals surface area contributed by atoms with Gasteiger partial charge in [0, 0.05) is 16.8 Å². The van der Waals surface area contributed by atoms with E-state index in [4.69, 9.17) is 7.85 Å². The highest BCUT2D eigenvalue weighted by Crippen LogP contribution is 1.56. The van der Waals surface area contributed by atoms with Crippen molar-refractivity contribution >= 4 is 24.7 Å². The van der Waals surface area contributed by atoms with E-state index in [-0.39, 0.29) is 31.7 Å². The molecule has 0 aliphatic carbocycles. The Balaban J connectivity index is -0.00000000571. The van der Waals surface area contributed by atoms with Gasteiger partial charge in [0.05, 0.1) is 7.85 Å². The zero-order chi connectivity index (χ0) is 5.41. The zero-order valence-electron chi connectivity index (χ0n) is 6.15. The molecule has 0 aromatic heterocycles. The van der Waals surface area contributed by atoms with Crippen LogP contribution in [0.3, 0.4) is 0 Å². The Bertz CT molecular complexity index is 10.8. The summed E-state index contributed by atoms with van der Waals surface area (Å²) >= 11 is 0. The molecule has 3 heteroatoms. The normalized spacial score (nSPS) is 3.50. The largest absolute Gasteiger partial charge is 0.0915 e. The quantitative estimate of drug-likeness (QED) is 0.450. The number of rotatable bonds is 0. The lowest BCUT2D eigenvalue weighted by Crippen LogP contribution is -1.41. The standard InChI is InChI=1S/C3H8.C2H5B.2CH4.2B/c1-3-2;1-2-3;;;;/h3H2,1-2H3;2H2,1H3;2*1H4;;. The Kier molecular flexibility index (Phi) is 628. The first-order chi connectivity index (χ1) is 2.83. The summed E-state index contributed by atoms with van der Waals surface area (Å²) in [5, 5.41) is 0. The van der Waals surface area contributed by atoms with Gasteiger partial charge in [0.15, 0.2) is 0 Å². The summed E-state index contributed by atoms with van der Waals surface area (Å²) in [5.41, 5.74) is 0. The summed E-state index contributed by atoms with van der Waals surface area (Å²) in [7, 11) is 4.85. The van der Waals surface area contributed by atoms with Crippen molar-refractivity contribution in [3.8, 4) is 0 Å². The highest BCUT2D eigenvalue weighted by molar-refractivity contribution is 6.08. The van der Waals surface area contributed by atoms with Crippen molar-refractivity contribution in [3.05, 3.63) is 0 Å². The van der Waals surface area contributed by atoms with Crippen LogP contribution in [0.5, 0.6) is 0 Å². The van der Waals surface area contributed by atoms with Crippen molar-refractivity contribution in [3.63, 3.8) is 0 Å². The molecule has 0 aromatic carbocycles. The summed E-state index contributed by atoms with van der Waals surface area (Å²) in [6.07, 6.45) is 2.00. The maximum absolute atomic E-state index is 4.85. The zero-order valence-corrected chi connectivity index (χ0v) is 6.15. The molecule has 0 heterocycles. The molecule has 10 heavy (non-hydrogen) atoms. The third-order valence-electron chi connectivity index (χ3n) is 0. The third kappa shape index (κ3) is 11200. The molecule has 0 aliphatic rings. The molecule has 0 nitrogen and oxygen atoms in total. The van der Waals surface area contributed by atoms with E-state index in [2.05, 4.69) is 13.8 Å². The summed E-state index contributed by atoms with van der Waals surface area (Å²) in [6.45, 7) is 6.15. The summed E-state index contributed by atoms with van der Waals surface area (Å²) in [5.74, 6) is 0. The second-order valence-corrected chi connectivity index (χ2v) is 1.12. The van der Waals surface area contributed by atoms with Crippen molar-refractivity contribution < 1.29 is 0 Å². The molecule has 58 valence electrons. The molecule has 0 aliphatic heterocycles. The molecule has 0 saturated heterocycles. The van der Waals surface area contributed by atoms with E-state index in [1.54, 1.807) is 0 Å². The summed E-state index contributed by atoms with van der Waals surface area (Å²) in [4.78, 5) is 0. The van der Waals surface area contributed by atoms with E-state index in [1.165, 1.54) is 6.42 Å². The minimum absolute atomic E-state index is 0. The fourth-order valence-corrected chi connectivity index (χ4v) is 0. The molecule has 0 spiro atoms. The average Bonchev–Trinajstić information content (AvgIpc) is 1.39. The van der Waals surface area contributed by atoms with Gasteiger partial charge in [-0.2, -0.15) is 0 Å². The van der Waals surface area contributed by atoms with Gasteiger partial charge in [-0.1, -0.05) is 48.4 Å². The van der Waals surface area contributed by atoms with Gasteiger partial charge in [-0.25, -0.2) is 0 Å². The first kappa shape index (κ1) is 49.0. The molecular formula is C7H21B3. The highest BCUT2D eigenvalue weighted by atomic mass is 13.4. The Labute approximate surface area is 73.7 Å². The second kappa shape index (κ2) is 128. The maximum atomic E-state index is 4.85. The van der Waals surface area contributed by atoms with Crippen molar-refractivity contribution in [2.45, 2.75) is 48.4 Å². The van der Waals surface area contributed by atoms with Crippen LogP contribution in [0, 0.1) is 0 Å². The van der Waals surface area contributed by atoms with E-state index >= 15 is 0 Å². The topological polar surface area (TPSA) is 0 Å². The Morgan fingerprint density at radius 1 is 0.900 bits per heavy atom. The predicted molar refractivity (Wildman–Crippen MR) is 57.2 cm³/mol. The van der Waals surface area contributed by atoms with Crippen LogP contribution in [-0.2, 0) is 0 Å². The Hall–Kier alpha value is 0.195. The summed E-state index contributed by atoms with van der Waals surface area (Å²) < 4.78 is 0. The SMILES string of the molecule is C.C.CCC.[B].[B].[B]CC. The van der Waals surface area contributed by atoms with Crippen molar-refractivity contribution in [2.24, 2.45) is 0 Å². The Morgan fingerprint density at radius 2 is 0.900 bits per heavy atom. The average molecular weight is 138 g/mol. The highest BCUT2D eigenvalue weighted by Gasteiger charge is 1.37. The van der Waals surface area contributed by atoms with Crippen molar-refractivity contribution in [1.29, 1.82) is 0 Å². The molecule has 0 bridgehead atoms. The second-order valence-electron chi connectivity index (χ2n) is 1.12. The van der Waals surface area contributed by atoms with Gasteiger partial charge in [-0.3, -0.25) is 0 Å². The van der Waals surface area contributed by atoms with Crippen LogP contribution in [0.1, 0.15) is 42.0 Å². The predicted octanol–water partition coefficient (Wildman–Crippen LogP) is 2.52. The van der Waals surface area contributed by atoms with Gasteiger partial charge in [0.2, 0.25) is 0 Å². The minimum Gasteiger partial charge on any atom is -0.0915 e. The van der Waals surface area contributed by atoms with E-state index < -0.39 is 0 Å². The van der Waals surface area contributed by atoms with Gasteiger partial charge in [0.25, 0.3) is 0 Å². The summed E-state index contributed by atoms with van der Waals surface area (Å²) in [6, 6.07) is 0. The molecular weight excluding hydrogens is 117 g/mol. The molecule has 0 amide bonds. The maximum Gasteiger partial charge on any atom is 0.0649 e. The van der Waals surface area contributed by atoms with E-state index in [1.807, 2.05) is 6.92 Å². The lowest BCUT2D eigenvalue weighted by molar-refractivity contribution is 1.09. The fourth-order valence-electron chi connectivity index (χ4n) is 0. The van der Waals surface area contributed by atoms with Crippen molar-refractivity contribution in [1.82, 2.24) is 0 Å². The van der Waals surface area contributed by atoms with Gasteiger partial charge < -0.3 is 0 Å². The molecule has 0 unspecified atom stereocenters.